The number of nitrogens with zero attached hydrogens (tertiary/aromatic N) is 1. The van der Waals surface area contributed by atoms with Crippen molar-refractivity contribution in [2.24, 2.45) is 0 Å². The number of carbonyl (C=O) groups excluding carboxylic acids is 1. The first-order valence-electron chi connectivity index (χ1n) is 4.53. The molecule has 0 rings (SSSR count). The fraction of sp³-hybridized carbons (Fsp3) is 0.889. The second-order valence-electron chi connectivity index (χ2n) is 4.30. The van der Waals surface area contributed by atoms with Gasteiger partial charge in [0.15, 0.2) is 0 Å². The Morgan fingerprint density at radius 3 is 2.15 bits per heavy atom. The Balaban J connectivity index is 3.42. The van der Waals surface area contributed by atoms with Crippen LogP contribution in [0, 0.1) is 0 Å². The highest BCUT2D eigenvalue weighted by atomic mass is 16.2. The van der Waals surface area contributed by atoms with Gasteiger partial charge in [0.2, 0.25) is 0 Å². The van der Waals surface area contributed by atoms with Gasteiger partial charge < -0.3 is 15.5 Å². The lowest BCUT2D eigenvalue weighted by molar-refractivity contribution is 0.217. The smallest absolute Gasteiger partial charge is 0.316 e. The number of nitrogens with one attached hydrogen (secondary N) is 2. The van der Waals surface area contributed by atoms with Crippen molar-refractivity contribution in [3.63, 3.8) is 0 Å². The van der Waals surface area contributed by atoms with Gasteiger partial charge in [-0.15, -0.1) is 0 Å². The van der Waals surface area contributed by atoms with Crippen LogP contribution in [0.15, 0.2) is 0 Å². The molecule has 4 heteroatoms. The molecule has 0 fully saturated rings. The minimum Gasteiger partial charge on any atom is -0.337 e. The quantitative estimate of drug-likeness (QED) is 0.637. The monoisotopic (exact) mass is 187 g/mol. The van der Waals surface area contributed by atoms with E-state index in [0.29, 0.717) is 6.54 Å². The normalized spacial score (nSPS) is 11.2. The van der Waals surface area contributed by atoms with Crippen molar-refractivity contribution in [3.8, 4) is 0 Å². The van der Waals surface area contributed by atoms with Gasteiger partial charge in [-0.1, -0.05) is 0 Å². The summed E-state index contributed by atoms with van der Waals surface area (Å²) in [6.07, 6.45) is 0. The Hall–Kier alpha value is -0.770. The molecule has 4 nitrogen and oxygen atoms in total. The highest BCUT2D eigenvalue weighted by Gasteiger charge is 2.08. The van der Waals surface area contributed by atoms with Crippen LogP contribution in [0.3, 0.4) is 0 Å². The molecule has 0 aromatic rings. The molecule has 0 aromatic heterocycles. The molecule has 0 aliphatic rings. The van der Waals surface area contributed by atoms with Gasteiger partial charge in [-0.25, -0.2) is 4.79 Å². The summed E-state index contributed by atoms with van der Waals surface area (Å²) < 4.78 is 0. The highest BCUT2D eigenvalue weighted by Crippen LogP contribution is 1.96. The lowest BCUT2D eigenvalue weighted by Crippen LogP contribution is -2.43. The number of hydrogen-bond acceptors (Lipinski definition) is 2. The molecule has 0 spiro atoms. The lowest BCUT2D eigenvalue weighted by atomic mass is 10.1. The average Bonchev–Trinajstić information content (AvgIpc) is 1.95. The van der Waals surface area contributed by atoms with Crippen LogP contribution in [-0.2, 0) is 0 Å². The fourth-order valence-electron chi connectivity index (χ4n) is 0.765. The van der Waals surface area contributed by atoms with Gasteiger partial charge in [-0.05, 0) is 20.8 Å². The molecule has 0 saturated carbocycles. The predicted molar refractivity (Wildman–Crippen MR) is 54.8 cm³/mol. The summed E-state index contributed by atoms with van der Waals surface area (Å²) in [5.41, 5.74) is 0.114. The average molecular weight is 187 g/mol. The van der Waals surface area contributed by atoms with E-state index in [-0.39, 0.29) is 11.6 Å². The zero-order chi connectivity index (χ0) is 10.5. The van der Waals surface area contributed by atoms with E-state index in [1.807, 2.05) is 0 Å². The fourth-order valence-corrected chi connectivity index (χ4v) is 0.765. The summed E-state index contributed by atoms with van der Waals surface area (Å²) in [6.45, 7) is 7.75. The molecular formula is C9H21N3O. The van der Waals surface area contributed by atoms with Crippen molar-refractivity contribution in [1.29, 1.82) is 0 Å². The summed E-state index contributed by atoms with van der Waals surface area (Å²) in [5, 5.41) is 6.06. The third-order valence-corrected chi connectivity index (χ3v) is 1.46. The molecule has 0 aromatic carbocycles. The Labute approximate surface area is 80.7 Å². The molecule has 2 amide bonds. The molecule has 0 bridgehead atoms. The largest absolute Gasteiger partial charge is 0.337 e. The van der Waals surface area contributed by atoms with Crippen molar-refractivity contribution in [2.75, 3.05) is 27.2 Å². The highest BCUT2D eigenvalue weighted by molar-refractivity contribution is 5.73. The summed E-state index contributed by atoms with van der Waals surface area (Å²) in [6, 6.07) is -0.0456. The minimum absolute atomic E-state index is 0.0456. The van der Waals surface area contributed by atoms with E-state index in [1.54, 1.807) is 14.1 Å². The first-order chi connectivity index (χ1) is 5.83. The van der Waals surface area contributed by atoms with Crippen LogP contribution < -0.4 is 10.6 Å². The Bertz CT molecular complexity index is 161. The van der Waals surface area contributed by atoms with Crippen molar-refractivity contribution in [1.82, 2.24) is 15.5 Å². The SMILES string of the molecule is CN(C)C(=O)NCCNC(C)(C)C. The molecule has 13 heavy (non-hydrogen) atoms. The summed E-state index contributed by atoms with van der Waals surface area (Å²) in [7, 11) is 3.46. The van der Waals surface area contributed by atoms with E-state index in [1.165, 1.54) is 4.90 Å². The van der Waals surface area contributed by atoms with Crippen molar-refractivity contribution < 1.29 is 4.79 Å². The Kier molecular flexibility index (Phi) is 4.77. The van der Waals surface area contributed by atoms with E-state index in [4.69, 9.17) is 0 Å². The molecular weight excluding hydrogens is 166 g/mol. The number of hydrogen-bond donors (Lipinski definition) is 2. The third-order valence-electron chi connectivity index (χ3n) is 1.46. The number of urea groups is 1. The van der Waals surface area contributed by atoms with Gasteiger partial charge in [0, 0.05) is 32.7 Å². The third kappa shape index (κ3) is 7.59. The first-order valence-corrected chi connectivity index (χ1v) is 4.53. The molecule has 0 radical (unpaired) electrons. The molecule has 0 heterocycles. The van der Waals surface area contributed by atoms with E-state index in [0.717, 1.165) is 6.54 Å². The van der Waals surface area contributed by atoms with E-state index in [9.17, 15) is 4.79 Å². The lowest BCUT2D eigenvalue weighted by Gasteiger charge is -2.21. The minimum atomic E-state index is -0.0456. The standard InChI is InChI=1S/C9H21N3O/c1-9(2,3)11-7-6-10-8(13)12(4)5/h11H,6-7H2,1-5H3,(H,10,13). The van der Waals surface area contributed by atoms with E-state index in [2.05, 4.69) is 31.4 Å². The van der Waals surface area contributed by atoms with Crippen LogP contribution in [0.4, 0.5) is 4.79 Å². The summed E-state index contributed by atoms with van der Waals surface area (Å²) in [5.74, 6) is 0. The van der Waals surface area contributed by atoms with Gasteiger partial charge in [0.1, 0.15) is 0 Å². The van der Waals surface area contributed by atoms with Crippen LogP contribution in [0.1, 0.15) is 20.8 Å². The van der Waals surface area contributed by atoms with E-state index >= 15 is 0 Å². The van der Waals surface area contributed by atoms with Crippen LogP contribution >= 0.6 is 0 Å². The van der Waals surface area contributed by atoms with Gasteiger partial charge in [-0.3, -0.25) is 0 Å². The maximum atomic E-state index is 11.1. The zero-order valence-electron chi connectivity index (χ0n) is 9.27. The van der Waals surface area contributed by atoms with Crippen LogP contribution in [0.25, 0.3) is 0 Å². The summed E-state index contributed by atoms with van der Waals surface area (Å²) in [4.78, 5) is 12.6. The van der Waals surface area contributed by atoms with Gasteiger partial charge in [0.05, 0.1) is 0 Å². The molecule has 78 valence electrons. The topological polar surface area (TPSA) is 44.4 Å². The van der Waals surface area contributed by atoms with Gasteiger partial charge in [0.25, 0.3) is 0 Å². The molecule has 0 atom stereocenters. The van der Waals surface area contributed by atoms with Crippen LogP contribution in [0.2, 0.25) is 0 Å². The van der Waals surface area contributed by atoms with E-state index < -0.39 is 0 Å². The molecule has 2 N–H and O–H groups in total. The molecule has 0 aliphatic heterocycles. The second-order valence-corrected chi connectivity index (χ2v) is 4.30. The number of rotatable bonds is 3. The van der Waals surface area contributed by atoms with Crippen LogP contribution in [0.5, 0.6) is 0 Å². The first kappa shape index (κ1) is 12.2. The zero-order valence-corrected chi connectivity index (χ0v) is 9.27. The number of carbonyl (C=O) groups is 1. The molecule has 0 saturated heterocycles. The van der Waals surface area contributed by atoms with Crippen LogP contribution in [-0.4, -0.2) is 43.7 Å². The maximum absolute atomic E-state index is 11.1. The summed E-state index contributed by atoms with van der Waals surface area (Å²) >= 11 is 0. The van der Waals surface area contributed by atoms with Crippen molar-refractivity contribution in [2.45, 2.75) is 26.3 Å². The predicted octanol–water partition coefficient (Wildman–Crippen LogP) is 0.646. The van der Waals surface area contributed by atoms with Gasteiger partial charge in [-0.2, -0.15) is 0 Å². The van der Waals surface area contributed by atoms with Crippen molar-refractivity contribution >= 4 is 6.03 Å². The molecule has 0 unspecified atom stereocenters. The van der Waals surface area contributed by atoms with Gasteiger partial charge >= 0.3 is 6.03 Å². The Morgan fingerprint density at radius 2 is 1.77 bits per heavy atom. The number of amides is 2. The van der Waals surface area contributed by atoms with Crippen molar-refractivity contribution in [3.05, 3.63) is 0 Å². The Morgan fingerprint density at radius 1 is 1.23 bits per heavy atom. The second kappa shape index (κ2) is 5.07. The molecule has 0 aliphatic carbocycles. The maximum Gasteiger partial charge on any atom is 0.316 e.